The Labute approximate surface area is 111 Å². The molecule has 1 aliphatic rings. The second-order valence-corrected chi connectivity index (χ2v) is 4.56. The van der Waals surface area contributed by atoms with Gasteiger partial charge in [0.05, 0.1) is 0 Å². The number of carbonyl (C=O) groups is 2. The van der Waals surface area contributed by atoms with Crippen LogP contribution in [0.25, 0.3) is 0 Å². The molecule has 1 aliphatic heterocycles. The van der Waals surface area contributed by atoms with E-state index in [1.165, 1.54) is 18.9 Å². The zero-order valence-electron chi connectivity index (χ0n) is 10.6. The molecule has 0 bridgehead atoms. The number of amides is 1. The van der Waals surface area contributed by atoms with E-state index in [2.05, 4.69) is 15.2 Å². The molecule has 19 heavy (non-hydrogen) atoms. The largest absolute Gasteiger partial charge is 0.477 e. The van der Waals surface area contributed by atoms with Crippen molar-refractivity contribution in [3.8, 4) is 0 Å². The van der Waals surface area contributed by atoms with Crippen LogP contribution in [0.1, 0.15) is 29.8 Å². The third kappa shape index (κ3) is 4.03. The summed E-state index contributed by atoms with van der Waals surface area (Å²) in [4.78, 5) is 28.6. The lowest BCUT2D eigenvalue weighted by Crippen LogP contribution is -2.25. The summed E-state index contributed by atoms with van der Waals surface area (Å²) in [5, 5.41) is 11.4. The molecule has 2 heterocycles. The van der Waals surface area contributed by atoms with Crippen molar-refractivity contribution in [1.82, 2.24) is 9.88 Å². The highest BCUT2D eigenvalue weighted by molar-refractivity contribution is 5.91. The van der Waals surface area contributed by atoms with Crippen molar-refractivity contribution in [2.24, 2.45) is 0 Å². The molecule has 2 N–H and O–H groups in total. The molecule has 0 spiro atoms. The smallest absolute Gasteiger partial charge is 0.354 e. The lowest BCUT2D eigenvalue weighted by atomic mass is 10.3. The van der Waals surface area contributed by atoms with Crippen LogP contribution < -0.4 is 5.32 Å². The fourth-order valence-electron chi connectivity index (χ4n) is 2.09. The maximum absolute atomic E-state index is 11.7. The Morgan fingerprint density at radius 1 is 1.32 bits per heavy atom. The average Bonchev–Trinajstić information content (AvgIpc) is 2.90. The van der Waals surface area contributed by atoms with E-state index in [9.17, 15) is 9.59 Å². The number of pyridine rings is 1. The number of nitrogens with one attached hydrogen (secondary N) is 1. The number of hydrogen-bond donors (Lipinski definition) is 2. The van der Waals surface area contributed by atoms with E-state index in [1.807, 2.05) is 0 Å². The third-order valence-electron chi connectivity index (χ3n) is 3.09. The van der Waals surface area contributed by atoms with E-state index in [-0.39, 0.29) is 17.4 Å². The predicted octanol–water partition coefficient (Wildman–Crippen LogP) is 1.20. The summed E-state index contributed by atoms with van der Waals surface area (Å²) >= 11 is 0. The van der Waals surface area contributed by atoms with E-state index in [0.29, 0.717) is 6.42 Å². The maximum atomic E-state index is 11.7. The second-order valence-electron chi connectivity index (χ2n) is 4.56. The first-order valence-corrected chi connectivity index (χ1v) is 6.38. The van der Waals surface area contributed by atoms with Crippen molar-refractivity contribution in [2.45, 2.75) is 19.3 Å². The van der Waals surface area contributed by atoms with Gasteiger partial charge in [-0.05, 0) is 38.1 Å². The summed E-state index contributed by atoms with van der Waals surface area (Å²) in [6.45, 7) is 2.85. The maximum Gasteiger partial charge on any atom is 0.354 e. The van der Waals surface area contributed by atoms with Gasteiger partial charge in [-0.3, -0.25) is 4.79 Å². The van der Waals surface area contributed by atoms with Gasteiger partial charge in [0.1, 0.15) is 5.82 Å². The van der Waals surface area contributed by atoms with Crippen molar-refractivity contribution in [3.05, 3.63) is 23.9 Å². The Kier molecular flexibility index (Phi) is 4.46. The fourth-order valence-corrected chi connectivity index (χ4v) is 2.09. The quantitative estimate of drug-likeness (QED) is 0.834. The Morgan fingerprint density at radius 2 is 2.05 bits per heavy atom. The molecular weight excluding hydrogens is 246 g/mol. The molecular formula is C13H17N3O3. The van der Waals surface area contributed by atoms with Gasteiger partial charge in [-0.15, -0.1) is 0 Å². The van der Waals surface area contributed by atoms with Crippen LogP contribution in [-0.4, -0.2) is 46.5 Å². The van der Waals surface area contributed by atoms with E-state index >= 15 is 0 Å². The highest BCUT2D eigenvalue weighted by Crippen LogP contribution is 2.09. The van der Waals surface area contributed by atoms with Crippen LogP contribution >= 0.6 is 0 Å². The van der Waals surface area contributed by atoms with Crippen LogP contribution in [-0.2, 0) is 4.79 Å². The molecule has 2 rings (SSSR count). The molecule has 6 nitrogen and oxygen atoms in total. The van der Waals surface area contributed by atoms with Gasteiger partial charge >= 0.3 is 5.97 Å². The second kappa shape index (κ2) is 6.29. The summed E-state index contributed by atoms with van der Waals surface area (Å²) in [5.74, 6) is -0.957. The van der Waals surface area contributed by atoms with Crippen LogP contribution in [0.15, 0.2) is 18.2 Å². The van der Waals surface area contributed by atoms with Crippen LogP contribution in [0, 0.1) is 0 Å². The zero-order chi connectivity index (χ0) is 13.7. The Balaban J connectivity index is 1.84. The molecule has 6 heteroatoms. The average molecular weight is 263 g/mol. The zero-order valence-corrected chi connectivity index (χ0v) is 10.6. The van der Waals surface area contributed by atoms with Crippen molar-refractivity contribution < 1.29 is 14.7 Å². The topological polar surface area (TPSA) is 82.5 Å². The van der Waals surface area contributed by atoms with Gasteiger partial charge in [0.25, 0.3) is 0 Å². The molecule has 0 aromatic carbocycles. The predicted molar refractivity (Wildman–Crippen MR) is 70.1 cm³/mol. The van der Waals surface area contributed by atoms with E-state index in [4.69, 9.17) is 5.11 Å². The molecule has 1 amide bonds. The Morgan fingerprint density at radius 3 is 2.74 bits per heavy atom. The van der Waals surface area contributed by atoms with Gasteiger partial charge < -0.3 is 15.3 Å². The lowest BCUT2D eigenvalue weighted by molar-refractivity contribution is -0.116. The fraction of sp³-hybridized carbons (Fsp3) is 0.462. The van der Waals surface area contributed by atoms with Crippen LogP contribution in [0.3, 0.4) is 0 Å². The number of carbonyl (C=O) groups excluding carboxylic acids is 1. The van der Waals surface area contributed by atoms with Crippen LogP contribution in [0.5, 0.6) is 0 Å². The molecule has 1 saturated heterocycles. The number of anilines is 1. The number of nitrogens with zero attached hydrogens (tertiary/aromatic N) is 2. The van der Waals surface area contributed by atoms with Gasteiger partial charge in [0.15, 0.2) is 5.69 Å². The minimum atomic E-state index is -1.10. The van der Waals surface area contributed by atoms with Crippen molar-refractivity contribution >= 4 is 17.7 Å². The molecule has 0 radical (unpaired) electrons. The van der Waals surface area contributed by atoms with E-state index in [1.54, 1.807) is 12.1 Å². The summed E-state index contributed by atoms with van der Waals surface area (Å²) in [5.41, 5.74) is -0.0719. The minimum absolute atomic E-state index is 0.0719. The Bertz CT molecular complexity index is 470. The molecule has 1 aromatic heterocycles. The summed E-state index contributed by atoms with van der Waals surface area (Å²) in [7, 11) is 0. The minimum Gasteiger partial charge on any atom is -0.477 e. The third-order valence-corrected chi connectivity index (χ3v) is 3.09. The Hall–Kier alpha value is -1.95. The summed E-state index contributed by atoms with van der Waals surface area (Å²) < 4.78 is 0. The molecule has 0 atom stereocenters. The van der Waals surface area contributed by atoms with Crippen LogP contribution in [0.4, 0.5) is 5.82 Å². The van der Waals surface area contributed by atoms with E-state index in [0.717, 1.165) is 19.6 Å². The SMILES string of the molecule is O=C(CCN1CCCC1)Nc1cccc(C(=O)O)n1. The number of likely N-dealkylation sites (tertiary alicyclic amines) is 1. The molecule has 102 valence electrons. The molecule has 0 unspecified atom stereocenters. The van der Waals surface area contributed by atoms with Crippen molar-refractivity contribution in [2.75, 3.05) is 25.0 Å². The molecule has 1 fully saturated rings. The molecule has 1 aromatic rings. The number of hydrogen-bond acceptors (Lipinski definition) is 4. The van der Waals surface area contributed by atoms with Gasteiger partial charge in [-0.2, -0.15) is 0 Å². The highest BCUT2D eigenvalue weighted by atomic mass is 16.4. The lowest BCUT2D eigenvalue weighted by Gasteiger charge is -2.13. The van der Waals surface area contributed by atoms with Crippen molar-refractivity contribution in [1.29, 1.82) is 0 Å². The van der Waals surface area contributed by atoms with Gasteiger partial charge in [0, 0.05) is 13.0 Å². The van der Waals surface area contributed by atoms with Gasteiger partial charge in [-0.25, -0.2) is 9.78 Å². The number of carboxylic acid groups (broad SMARTS) is 1. The first kappa shape index (κ1) is 13.5. The number of aromatic carboxylic acids is 1. The number of carboxylic acids is 1. The van der Waals surface area contributed by atoms with Gasteiger partial charge in [0.2, 0.25) is 5.91 Å². The number of aromatic nitrogens is 1. The first-order valence-electron chi connectivity index (χ1n) is 6.38. The van der Waals surface area contributed by atoms with E-state index < -0.39 is 5.97 Å². The molecule has 0 saturated carbocycles. The van der Waals surface area contributed by atoms with Crippen molar-refractivity contribution in [3.63, 3.8) is 0 Å². The normalized spacial score (nSPS) is 15.4. The van der Waals surface area contributed by atoms with Crippen LogP contribution in [0.2, 0.25) is 0 Å². The monoisotopic (exact) mass is 263 g/mol. The highest BCUT2D eigenvalue weighted by Gasteiger charge is 2.13. The summed E-state index contributed by atoms with van der Waals surface area (Å²) in [6.07, 6.45) is 2.80. The number of rotatable bonds is 5. The standard InChI is InChI=1S/C13H17N3O3/c17-12(6-9-16-7-1-2-8-16)15-11-5-3-4-10(14-11)13(18)19/h3-5H,1-2,6-9H2,(H,18,19)(H,14,15,17). The van der Waals surface area contributed by atoms with Gasteiger partial charge in [-0.1, -0.05) is 6.07 Å². The summed E-state index contributed by atoms with van der Waals surface area (Å²) in [6, 6.07) is 4.54. The first-order chi connectivity index (χ1) is 9.15. The molecule has 0 aliphatic carbocycles.